The Morgan fingerprint density at radius 3 is 2.51 bits per heavy atom. The van der Waals surface area contributed by atoms with Crippen LogP contribution in [-0.2, 0) is 29.5 Å². The number of hydrogen-bond acceptors (Lipinski definition) is 9. The van der Waals surface area contributed by atoms with Crippen LogP contribution >= 0.6 is 0 Å². The molecule has 2 saturated heterocycles. The van der Waals surface area contributed by atoms with E-state index in [-0.39, 0.29) is 44.9 Å². The van der Waals surface area contributed by atoms with E-state index in [0.717, 1.165) is 43.2 Å². The highest BCUT2D eigenvalue weighted by molar-refractivity contribution is 6.39. The number of urea groups is 1. The number of aliphatic hydroxyl groups is 1. The van der Waals surface area contributed by atoms with Gasteiger partial charge in [0.05, 0.1) is 17.9 Å². The Hall–Kier alpha value is -4.89. The second kappa shape index (κ2) is 16.8. The molecule has 0 bridgehead atoms. The highest BCUT2D eigenvalue weighted by Gasteiger charge is 2.49. The number of rotatable bonds is 13. The minimum atomic E-state index is -1.59. The van der Waals surface area contributed by atoms with Crippen LogP contribution < -0.4 is 21.7 Å². The number of anilines is 1. The first-order valence-corrected chi connectivity index (χ1v) is 18.4. The molecule has 3 heterocycles. The molecule has 15 nitrogen and oxygen atoms in total. The molecule has 286 valence electrons. The molecular weight excluding hydrogens is 680 g/mol. The number of nitrogens with one attached hydrogen (secondary N) is 3. The number of Topliss-reactive ketones (excluding diaryl/α,β-unsaturated/α-hetero) is 1. The first-order valence-electron chi connectivity index (χ1n) is 18.4. The number of aromatic nitrogens is 3. The maximum absolute atomic E-state index is 14.8. The average Bonchev–Trinajstić information content (AvgIpc) is 3.80. The number of aryl methyl sites for hydroxylation is 1. The van der Waals surface area contributed by atoms with Gasteiger partial charge in [-0.3, -0.25) is 19.2 Å². The van der Waals surface area contributed by atoms with Crippen LogP contribution in [0.1, 0.15) is 94.5 Å². The zero-order chi connectivity index (χ0) is 38.3. The van der Waals surface area contributed by atoms with Crippen LogP contribution in [0.15, 0.2) is 43.1 Å². The SMILES string of the molecule is C=C/C=C\c1ccc(NC(=O)N[C@H](CC2CCCCC2)C(=O)N2C[C@@H](n3nncc3C(C)(C)O)C[C@H]2C(=O)NC2(C(=O)C(N)=O)CCOCC2)cc1C. The van der Waals surface area contributed by atoms with Crippen molar-refractivity contribution < 1.29 is 33.8 Å². The van der Waals surface area contributed by atoms with Crippen LogP contribution in [0.2, 0.25) is 0 Å². The van der Waals surface area contributed by atoms with Crippen molar-refractivity contribution in [3.63, 3.8) is 0 Å². The largest absolute Gasteiger partial charge is 0.384 e. The van der Waals surface area contributed by atoms with E-state index in [1.807, 2.05) is 31.2 Å². The molecule has 3 aliphatic rings. The maximum Gasteiger partial charge on any atom is 0.319 e. The third-order valence-corrected chi connectivity index (χ3v) is 10.6. The van der Waals surface area contributed by atoms with E-state index in [1.165, 1.54) is 15.8 Å². The van der Waals surface area contributed by atoms with Crippen LogP contribution in [-0.4, -0.2) is 91.9 Å². The average molecular weight is 733 g/mol. The van der Waals surface area contributed by atoms with Gasteiger partial charge in [-0.2, -0.15) is 0 Å². The summed E-state index contributed by atoms with van der Waals surface area (Å²) in [5, 5.41) is 27.7. The third kappa shape index (κ3) is 9.38. The number of nitrogens with two attached hydrogens (primary N) is 1. The molecule has 2 aliphatic heterocycles. The number of carbonyl (C=O) groups excluding carboxylic acids is 5. The summed E-state index contributed by atoms with van der Waals surface area (Å²) in [7, 11) is 0. The zero-order valence-corrected chi connectivity index (χ0v) is 30.8. The molecule has 0 unspecified atom stereocenters. The number of ketones is 1. The summed E-state index contributed by atoms with van der Waals surface area (Å²) in [6, 6.07) is 2.22. The van der Waals surface area contributed by atoms with Gasteiger partial charge in [-0.1, -0.05) is 68.2 Å². The van der Waals surface area contributed by atoms with Gasteiger partial charge in [0.25, 0.3) is 5.91 Å². The topological polar surface area (TPSA) is 211 Å². The number of likely N-dealkylation sites (tertiary alicyclic amines) is 1. The predicted octanol–water partition coefficient (Wildman–Crippen LogP) is 3.04. The van der Waals surface area contributed by atoms with Crippen molar-refractivity contribution >= 4 is 41.3 Å². The van der Waals surface area contributed by atoms with E-state index in [2.05, 4.69) is 32.8 Å². The summed E-state index contributed by atoms with van der Waals surface area (Å²) in [5.41, 5.74) is 5.34. The first kappa shape index (κ1) is 39.3. The van der Waals surface area contributed by atoms with Gasteiger partial charge in [-0.15, -0.1) is 5.10 Å². The molecule has 1 aromatic carbocycles. The standard InChI is InChI=1S/C38H52N8O7/c1-5-6-12-26-13-14-27(19-24(26)2)41-36(51)42-29(20-25-10-8-7-9-11-25)35(50)45-23-28(46-31(22-40-44-46)37(3,4)52)21-30(45)34(49)43-38(32(47)33(39)48)15-17-53-18-16-38/h5-6,12-14,19,22,25,28-30,52H,1,7-11,15-18,20-21,23H2,2-4H3,(H2,39,48)(H,43,49)(H2,41,42,51)/b12-6-/t28-,29+,30-/m0/s1. The van der Waals surface area contributed by atoms with Crippen molar-refractivity contribution in [2.75, 3.05) is 25.1 Å². The normalized spacial score (nSPS) is 21.2. The summed E-state index contributed by atoms with van der Waals surface area (Å²) in [5.74, 6) is -3.05. The van der Waals surface area contributed by atoms with E-state index in [1.54, 1.807) is 26.0 Å². The van der Waals surface area contributed by atoms with Gasteiger partial charge in [0.15, 0.2) is 0 Å². The van der Waals surface area contributed by atoms with Crippen LogP contribution in [0, 0.1) is 12.8 Å². The lowest BCUT2D eigenvalue weighted by molar-refractivity contribution is -0.147. The first-order chi connectivity index (χ1) is 25.2. The van der Waals surface area contributed by atoms with Crippen LogP contribution in [0.4, 0.5) is 10.5 Å². The number of ether oxygens (including phenoxy) is 1. The number of amides is 5. The van der Waals surface area contributed by atoms with E-state index < -0.39 is 58.8 Å². The number of carbonyl (C=O) groups is 5. The Morgan fingerprint density at radius 1 is 1.15 bits per heavy atom. The van der Waals surface area contributed by atoms with Crippen LogP contribution in [0.25, 0.3) is 6.08 Å². The smallest absolute Gasteiger partial charge is 0.319 e. The monoisotopic (exact) mass is 732 g/mol. The fraction of sp³-hybridized carbons (Fsp3) is 0.553. The minimum Gasteiger partial charge on any atom is -0.384 e. The Labute approximate surface area is 309 Å². The molecule has 5 amide bonds. The summed E-state index contributed by atoms with van der Waals surface area (Å²) in [6.45, 7) is 9.06. The molecule has 5 rings (SSSR count). The molecule has 53 heavy (non-hydrogen) atoms. The Bertz CT molecular complexity index is 1720. The molecule has 1 saturated carbocycles. The Balaban J connectivity index is 1.45. The number of primary amides is 1. The molecule has 6 N–H and O–H groups in total. The third-order valence-electron chi connectivity index (χ3n) is 10.6. The van der Waals surface area contributed by atoms with Crippen molar-refractivity contribution in [1.29, 1.82) is 0 Å². The van der Waals surface area contributed by atoms with E-state index in [0.29, 0.717) is 17.8 Å². The fourth-order valence-corrected chi connectivity index (χ4v) is 7.73. The lowest BCUT2D eigenvalue weighted by Crippen LogP contribution is -2.64. The van der Waals surface area contributed by atoms with Gasteiger partial charge in [-0.25, -0.2) is 9.48 Å². The molecule has 1 aliphatic carbocycles. The molecule has 0 spiro atoms. The predicted molar refractivity (Wildman–Crippen MR) is 197 cm³/mol. The summed E-state index contributed by atoms with van der Waals surface area (Å²) < 4.78 is 6.94. The van der Waals surface area contributed by atoms with Crippen molar-refractivity contribution in [2.24, 2.45) is 11.7 Å². The van der Waals surface area contributed by atoms with E-state index in [9.17, 15) is 29.1 Å². The van der Waals surface area contributed by atoms with Crippen LogP contribution in [0.5, 0.6) is 0 Å². The highest BCUT2D eigenvalue weighted by Crippen LogP contribution is 2.34. The molecule has 0 radical (unpaired) electrons. The van der Waals surface area contributed by atoms with E-state index >= 15 is 0 Å². The zero-order valence-electron chi connectivity index (χ0n) is 30.8. The summed E-state index contributed by atoms with van der Waals surface area (Å²) in [4.78, 5) is 69.3. The van der Waals surface area contributed by atoms with Gasteiger partial charge in [-0.05, 0) is 56.4 Å². The van der Waals surface area contributed by atoms with Crippen LogP contribution in [0.3, 0.4) is 0 Å². The van der Waals surface area contributed by atoms with Crippen molar-refractivity contribution in [1.82, 2.24) is 30.5 Å². The quantitative estimate of drug-likeness (QED) is 0.151. The van der Waals surface area contributed by atoms with Gasteiger partial charge < -0.3 is 36.4 Å². The van der Waals surface area contributed by atoms with Gasteiger partial charge in [0.2, 0.25) is 17.6 Å². The molecule has 1 aromatic heterocycles. The van der Waals surface area contributed by atoms with Gasteiger partial charge in [0.1, 0.15) is 23.2 Å². The summed E-state index contributed by atoms with van der Waals surface area (Å²) in [6.07, 6.45) is 12.3. The molecule has 3 atom stereocenters. The molecular formula is C38H52N8O7. The van der Waals surface area contributed by atoms with E-state index in [4.69, 9.17) is 10.5 Å². The van der Waals surface area contributed by atoms with Gasteiger partial charge >= 0.3 is 6.03 Å². The highest BCUT2D eigenvalue weighted by atomic mass is 16.5. The molecule has 3 fully saturated rings. The lowest BCUT2D eigenvalue weighted by atomic mass is 9.84. The lowest BCUT2D eigenvalue weighted by Gasteiger charge is -2.37. The number of allylic oxidation sites excluding steroid dienone is 2. The molecule has 15 heteroatoms. The maximum atomic E-state index is 14.8. The van der Waals surface area contributed by atoms with Crippen molar-refractivity contribution in [2.45, 2.75) is 108 Å². The van der Waals surface area contributed by atoms with Gasteiger partial charge in [0, 0.05) is 44.7 Å². The Morgan fingerprint density at radius 2 is 1.87 bits per heavy atom. The minimum absolute atomic E-state index is 0.00653. The summed E-state index contributed by atoms with van der Waals surface area (Å²) >= 11 is 0. The number of benzene rings is 1. The second-order valence-corrected chi connectivity index (χ2v) is 15.0. The second-order valence-electron chi connectivity index (χ2n) is 15.0. The molecule has 2 aromatic rings. The van der Waals surface area contributed by atoms with Crippen molar-refractivity contribution in [3.05, 3.63) is 59.9 Å². The number of hydrogen-bond donors (Lipinski definition) is 5. The number of nitrogens with zero attached hydrogens (tertiary/aromatic N) is 4. The fourth-order valence-electron chi connectivity index (χ4n) is 7.73. The van der Waals surface area contributed by atoms with Crippen molar-refractivity contribution in [3.8, 4) is 0 Å². The Kier molecular flexibility index (Phi) is 12.5.